The van der Waals surface area contributed by atoms with Crippen LogP contribution >= 0.6 is 23.2 Å². The van der Waals surface area contributed by atoms with Crippen LogP contribution in [0, 0.1) is 10.1 Å². The molecule has 0 atom stereocenters. The fourth-order valence-corrected chi connectivity index (χ4v) is 1.89. The van der Waals surface area contributed by atoms with Gasteiger partial charge in [0.1, 0.15) is 0 Å². The van der Waals surface area contributed by atoms with Gasteiger partial charge in [0.2, 0.25) is 5.82 Å². The number of hydrogen-bond donors (Lipinski definition) is 1. The summed E-state index contributed by atoms with van der Waals surface area (Å²) in [5.41, 5.74) is 6.22. The minimum atomic E-state index is -0.593. The number of aromatic nitrogens is 1. The van der Waals surface area contributed by atoms with Crippen LogP contribution in [0.2, 0.25) is 10.0 Å². The van der Waals surface area contributed by atoms with Crippen molar-refractivity contribution in [2.24, 2.45) is 0 Å². The molecule has 18 heavy (non-hydrogen) atoms. The highest BCUT2D eigenvalue weighted by molar-refractivity contribution is 6.43. The predicted octanol–water partition coefficient (Wildman–Crippen LogP) is 3.55. The van der Waals surface area contributed by atoms with Gasteiger partial charge in [-0.15, -0.1) is 0 Å². The Morgan fingerprint density at radius 2 is 2.06 bits per heavy atom. The maximum absolute atomic E-state index is 10.8. The zero-order chi connectivity index (χ0) is 13.3. The monoisotopic (exact) mass is 283 g/mol. The van der Waals surface area contributed by atoms with E-state index in [0.717, 1.165) is 0 Å². The molecule has 5 nitrogen and oxygen atoms in total. The quantitative estimate of drug-likeness (QED) is 0.675. The van der Waals surface area contributed by atoms with Crippen molar-refractivity contribution < 1.29 is 4.92 Å². The summed E-state index contributed by atoms with van der Waals surface area (Å²) in [7, 11) is 0. The Morgan fingerprint density at radius 1 is 1.33 bits per heavy atom. The van der Waals surface area contributed by atoms with E-state index in [1.165, 1.54) is 12.3 Å². The molecule has 0 aliphatic heterocycles. The molecular formula is C11H7Cl2N3O2. The standard InChI is InChI=1S/C11H7Cl2N3O2/c12-8-3-1-2-7(10(8)13)6-4-9(16(17)18)11(14)15-5-6/h1-5H,(H2,14,15). The first-order valence-corrected chi connectivity index (χ1v) is 5.60. The van der Waals surface area contributed by atoms with E-state index < -0.39 is 4.92 Å². The second-order valence-corrected chi connectivity index (χ2v) is 4.27. The molecule has 1 aromatic heterocycles. The van der Waals surface area contributed by atoms with Gasteiger partial charge in [-0.25, -0.2) is 4.98 Å². The number of nitrogen functional groups attached to an aromatic ring is 1. The fraction of sp³-hybridized carbons (Fsp3) is 0. The van der Waals surface area contributed by atoms with Crippen LogP contribution in [0.15, 0.2) is 30.5 Å². The molecule has 92 valence electrons. The molecule has 7 heteroatoms. The van der Waals surface area contributed by atoms with Gasteiger partial charge in [0.25, 0.3) is 0 Å². The van der Waals surface area contributed by atoms with Crippen molar-refractivity contribution in [3.8, 4) is 11.1 Å². The van der Waals surface area contributed by atoms with Crippen molar-refractivity contribution in [2.75, 3.05) is 5.73 Å². The Labute approximate surface area is 112 Å². The highest BCUT2D eigenvalue weighted by Crippen LogP contribution is 2.35. The molecule has 0 aliphatic carbocycles. The lowest BCUT2D eigenvalue weighted by Gasteiger charge is -2.06. The average Bonchev–Trinajstić information content (AvgIpc) is 2.33. The van der Waals surface area contributed by atoms with Crippen molar-refractivity contribution in [2.45, 2.75) is 0 Å². The lowest BCUT2D eigenvalue weighted by molar-refractivity contribution is -0.384. The van der Waals surface area contributed by atoms with Crippen LogP contribution in [0.4, 0.5) is 11.5 Å². The number of halogens is 2. The van der Waals surface area contributed by atoms with E-state index >= 15 is 0 Å². The molecule has 0 saturated carbocycles. The van der Waals surface area contributed by atoms with Crippen LogP contribution in [0.3, 0.4) is 0 Å². The smallest absolute Gasteiger partial charge is 0.311 e. The summed E-state index contributed by atoms with van der Waals surface area (Å²) in [6.07, 6.45) is 1.42. The van der Waals surface area contributed by atoms with Crippen molar-refractivity contribution >= 4 is 34.7 Å². The highest BCUT2D eigenvalue weighted by atomic mass is 35.5. The fourth-order valence-electron chi connectivity index (χ4n) is 1.48. The summed E-state index contributed by atoms with van der Waals surface area (Å²) in [6.45, 7) is 0. The maximum atomic E-state index is 10.8. The molecule has 0 bridgehead atoms. The zero-order valence-corrected chi connectivity index (χ0v) is 10.4. The maximum Gasteiger partial charge on any atom is 0.311 e. The second kappa shape index (κ2) is 4.80. The van der Waals surface area contributed by atoms with E-state index in [2.05, 4.69) is 4.98 Å². The summed E-state index contributed by atoms with van der Waals surface area (Å²) in [5.74, 6) is -0.137. The highest BCUT2D eigenvalue weighted by Gasteiger charge is 2.16. The summed E-state index contributed by atoms with van der Waals surface area (Å²) in [6, 6.07) is 6.35. The molecule has 2 aromatic rings. The number of nitrogens with two attached hydrogens (primary N) is 1. The Balaban J connectivity index is 2.62. The molecule has 2 rings (SSSR count). The lowest BCUT2D eigenvalue weighted by atomic mass is 10.1. The lowest BCUT2D eigenvalue weighted by Crippen LogP contribution is -1.98. The summed E-state index contributed by atoms with van der Waals surface area (Å²) < 4.78 is 0. The number of rotatable bonds is 2. The van der Waals surface area contributed by atoms with Gasteiger partial charge >= 0.3 is 5.69 Å². The first kappa shape index (κ1) is 12.6. The number of anilines is 1. The van der Waals surface area contributed by atoms with E-state index in [4.69, 9.17) is 28.9 Å². The Bertz CT molecular complexity index is 632. The molecule has 0 saturated heterocycles. The van der Waals surface area contributed by atoms with Gasteiger partial charge in [0.05, 0.1) is 15.0 Å². The number of benzene rings is 1. The third kappa shape index (κ3) is 2.23. The largest absolute Gasteiger partial charge is 0.378 e. The van der Waals surface area contributed by atoms with Crippen molar-refractivity contribution in [3.05, 3.63) is 50.6 Å². The number of pyridine rings is 1. The van der Waals surface area contributed by atoms with Gasteiger partial charge in [-0.1, -0.05) is 35.3 Å². The van der Waals surface area contributed by atoms with Gasteiger partial charge in [-0.05, 0) is 6.07 Å². The first-order valence-electron chi connectivity index (χ1n) is 4.85. The first-order chi connectivity index (χ1) is 8.50. The van der Waals surface area contributed by atoms with Crippen molar-refractivity contribution in [1.82, 2.24) is 4.98 Å². The van der Waals surface area contributed by atoms with Crippen molar-refractivity contribution in [1.29, 1.82) is 0 Å². The predicted molar refractivity (Wildman–Crippen MR) is 70.8 cm³/mol. The van der Waals surface area contributed by atoms with Gasteiger partial charge in [0, 0.05) is 23.4 Å². The van der Waals surface area contributed by atoms with Crippen LogP contribution in [0.5, 0.6) is 0 Å². The summed E-state index contributed by atoms with van der Waals surface area (Å²) in [5, 5.41) is 11.5. The molecule has 0 radical (unpaired) electrons. The Hall–Kier alpha value is -1.85. The normalized spacial score (nSPS) is 10.3. The summed E-state index contributed by atoms with van der Waals surface area (Å²) >= 11 is 11.9. The second-order valence-electron chi connectivity index (χ2n) is 3.49. The van der Waals surface area contributed by atoms with E-state index in [-0.39, 0.29) is 11.5 Å². The van der Waals surface area contributed by atoms with Crippen LogP contribution in [-0.2, 0) is 0 Å². The molecule has 1 heterocycles. The molecule has 0 spiro atoms. The minimum absolute atomic E-state index is 0.137. The molecular weight excluding hydrogens is 277 g/mol. The van der Waals surface area contributed by atoms with Crippen molar-refractivity contribution in [3.63, 3.8) is 0 Å². The molecule has 0 aliphatic rings. The summed E-state index contributed by atoms with van der Waals surface area (Å²) in [4.78, 5) is 14.0. The minimum Gasteiger partial charge on any atom is -0.378 e. The topological polar surface area (TPSA) is 82.0 Å². The van der Waals surface area contributed by atoms with Gasteiger partial charge < -0.3 is 5.73 Å². The average molecular weight is 284 g/mol. The molecule has 2 N–H and O–H groups in total. The van der Waals surface area contributed by atoms with Gasteiger partial charge in [0.15, 0.2) is 0 Å². The van der Waals surface area contributed by atoms with Crippen LogP contribution in [0.1, 0.15) is 0 Å². The van der Waals surface area contributed by atoms with E-state index in [9.17, 15) is 10.1 Å². The zero-order valence-electron chi connectivity index (χ0n) is 8.93. The van der Waals surface area contributed by atoms with Gasteiger partial charge in [-0.3, -0.25) is 10.1 Å². The van der Waals surface area contributed by atoms with E-state index in [1.807, 2.05) is 0 Å². The molecule has 0 fully saturated rings. The number of nitro groups is 1. The van der Waals surface area contributed by atoms with Crippen LogP contribution in [-0.4, -0.2) is 9.91 Å². The number of nitrogens with zero attached hydrogens (tertiary/aromatic N) is 2. The van der Waals surface area contributed by atoms with Crippen LogP contribution in [0.25, 0.3) is 11.1 Å². The Kier molecular flexibility index (Phi) is 3.36. The third-order valence-corrected chi connectivity index (χ3v) is 3.18. The SMILES string of the molecule is Nc1ncc(-c2cccc(Cl)c2Cl)cc1[N+](=O)[O-]. The third-order valence-electron chi connectivity index (χ3n) is 2.36. The molecule has 0 amide bonds. The van der Waals surface area contributed by atoms with E-state index in [1.54, 1.807) is 18.2 Å². The van der Waals surface area contributed by atoms with E-state index in [0.29, 0.717) is 21.2 Å². The Morgan fingerprint density at radius 3 is 2.72 bits per heavy atom. The van der Waals surface area contributed by atoms with Gasteiger partial charge in [-0.2, -0.15) is 0 Å². The number of hydrogen-bond acceptors (Lipinski definition) is 4. The molecule has 0 unspecified atom stereocenters. The van der Waals surface area contributed by atoms with Crippen LogP contribution < -0.4 is 5.73 Å². The molecule has 1 aromatic carbocycles.